The molecule has 7 nitrogen and oxygen atoms in total. The molecule has 0 aromatic heterocycles. The van der Waals surface area contributed by atoms with Crippen LogP contribution in [-0.2, 0) is 14.3 Å². The Bertz CT molecular complexity index is 946. The number of ether oxygens (including phenoxy) is 2. The summed E-state index contributed by atoms with van der Waals surface area (Å²) in [5.41, 5.74) is 2.00. The molecule has 29 heavy (non-hydrogen) atoms. The van der Waals surface area contributed by atoms with Crippen molar-refractivity contribution in [3.63, 3.8) is 0 Å². The molecule has 150 valence electrons. The van der Waals surface area contributed by atoms with Crippen molar-refractivity contribution in [2.45, 2.75) is 31.7 Å². The third-order valence-electron chi connectivity index (χ3n) is 5.26. The number of amides is 2. The standard InChI is InChI=1S/C22H21NO6/c1-22(2)28-12-18(29-22)14-9-7-13(8-10-14)17(21(26)27)11-23-19(24)15-5-3-4-6-16(15)20(23)25/h3-10,17-18H,11-12H2,1-2H3,(H,26,27). The van der Waals surface area contributed by atoms with Gasteiger partial charge in [-0.25, -0.2) is 0 Å². The monoisotopic (exact) mass is 395 g/mol. The van der Waals surface area contributed by atoms with Gasteiger partial charge in [0.05, 0.1) is 23.7 Å². The lowest BCUT2D eigenvalue weighted by Crippen LogP contribution is -2.36. The van der Waals surface area contributed by atoms with Gasteiger partial charge in [0.2, 0.25) is 0 Å². The Morgan fingerprint density at radius 3 is 2.17 bits per heavy atom. The van der Waals surface area contributed by atoms with Crippen molar-refractivity contribution in [3.05, 3.63) is 70.8 Å². The lowest BCUT2D eigenvalue weighted by molar-refractivity contribution is -0.139. The second-order valence-corrected chi connectivity index (χ2v) is 7.64. The Morgan fingerprint density at radius 2 is 1.69 bits per heavy atom. The van der Waals surface area contributed by atoms with E-state index in [0.29, 0.717) is 23.3 Å². The van der Waals surface area contributed by atoms with Crippen LogP contribution in [0, 0.1) is 0 Å². The van der Waals surface area contributed by atoms with Crippen LogP contribution in [0.15, 0.2) is 48.5 Å². The quantitative estimate of drug-likeness (QED) is 0.783. The number of fused-ring (bicyclic) bond motifs is 1. The van der Waals surface area contributed by atoms with Crippen LogP contribution in [0.25, 0.3) is 0 Å². The van der Waals surface area contributed by atoms with E-state index in [4.69, 9.17) is 9.47 Å². The van der Waals surface area contributed by atoms with Gasteiger partial charge in [0, 0.05) is 6.54 Å². The Hall–Kier alpha value is -3.03. The molecule has 2 amide bonds. The van der Waals surface area contributed by atoms with Crippen molar-refractivity contribution in [3.8, 4) is 0 Å². The Balaban J connectivity index is 1.54. The van der Waals surface area contributed by atoms with Gasteiger partial charge in [-0.15, -0.1) is 0 Å². The molecule has 0 saturated carbocycles. The zero-order valence-corrected chi connectivity index (χ0v) is 16.1. The van der Waals surface area contributed by atoms with Crippen molar-refractivity contribution >= 4 is 17.8 Å². The molecule has 2 aromatic carbocycles. The Kier molecular flexibility index (Phi) is 4.72. The van der Waals surface area contributed by atoms with Gasteiger partial charge in [0.1, 0.15) is 6.10 Å². The van der Waals surface area contributed by atoms with E-state index in [1.165, 1.54) is 0 Å². The van der Waals surface area contributed by atoms with Crippen molar-refractivity contribution in [2.24, 2.45) is 0 Å². The first-order chi connectivity index (χ1) is 13.8. The second kappa shape index (κ2) is 7.09. The minimum Gasteiger partial charge on any atom is -0.481 e. The van der Waals surface area contributed by atoms with Crippen LogP contribution in [0.4, 0.5) is 0 Å². The van der Waals surface area contributed by atoms with Gasteiger partial charge in [0.15, 0.2) is 5.79 Å². The molecule has 0 radical (unpaired) electrons. The van der Waals surface area contributed by atoms with Crippen LogP contribution in [0.5, 0.6) is 0 Å². The summed E-state index contributed by atoms with van der Waals surface area (Å²) in [5, 5.41) is 9.73. The van der Waals surface area contributed by atoms with Gasteiger partial charge in [-0.05, 0) is 37.1 Å². The lowest BCUT2D eigenvalue weighted by Gasteiger charge is -2.21. The first-order valence-corrected chi connectivity index (χ1v) is 9.36. The average Bonchev–Trinajstić information content (AvgIpc) is 3.18. The number of imide groups is 1. The maximum atomic E-state index is 12.6. The number of carbonyl (C=O) groups is 3. The smallest absolute Gasteiger partial charge is 0.312 e. The van der Waals surface area contributed by atoms with Gasteiger partial charge in [-0.3, -0.25) is 19.3 Å². The summed E-state index contributed by atoms with van der Waals surface area (Å²) in [5.74, 6) is -3.71. The van der Waals surface area contributed by atoms with E-state index in [1.807, 2.05) is 13.8 Å². The molecular weight excluding hydrogens is 374 g/mol. The molecule has 0 spiro atoms. The number of nitrogens with zero attached hydrogens (tertiary/aromatic N) is 1. The van der Waals surface area contributed by atoms with Crippen LogP contribution in [0.2, 0.25) is 0 Å². The molecule has 0 aliphatic carbocycles. The van der Waals surface area contributed by atoms with Crippen LogP contribution < -0.4 is 0 Å². The Labute approximate surface area is 167 Å². The largest absolute Gasteiger partial charge is 0.481 e. The van der Waals surface area contributed by atoms with E-state index in [0.717, 1.165) is 10.5 Å². The predicted molar refractivity (Wildman–Crippen MR) is 102 cm³/mol. The molecule has 2 atom stereocenters. The highest BCUT2D eigenvalue weighted by molar-refractivity contribution is 6.21. The molecule has 4 rings (SSSR count). The van der Waals surface area contributed by atoms with Crippen LogP contribution in [0.3, 0.4) is 0 Å². The molecule has 2 aromatic rings. The molecule has 2 aliphatic rings. The topological polar surface area (TPSA) is 93.1 Å². The molecule has 7 heteroatoms. The fraction of sp³-hybridized carbons (Fsp3) is 0.318. The molecular formula is C22H21NO6. The SMILES string of the molecule is CC1(C)OCC(c2ccc(C(CN3C(=O)c4ccccc4C3=O)C(=O)O)cc2)O1. The van der Waals surface area contributed by atoms with Crippen molar-refractivity contribution in [2.75, 3.05) is 13.2 Å². The van der Waals surface area contributed by atoms with Gasteiger partial charge < -0.3 is 14.6 Å². The van der Waals surface area contributed by atoms with Gasteiger partial charge in [-0.2, -0.15) is 0 Å². The number of carbonyl (C=O) groups excluding carboxylic acids is 2. The van der Waals surface area contributed by atoms with Crippen molar-refractivity contribution < 1.29 is 29.0 Å². The van der Waals surface area contributed by atoms with Crippen LogP contribution in [0.1, 0.15) is 57.7 Å². The zero-order chi connectivity index (χ0) is 20.8. The van der Waals surface area contributed by atoms with E-state index in [-0.39, 0.29) is 12.6 Å². The fourth-order valence-corrected chi connectivity index (χ4v) is 3.71. The van der Waals surface area contributed by atoms with Gasteiger partial charge >= 0.3 is 5.97 Å². The molecule has 2 aliphatic heterocycles. The van der Waals surface area contributed by atoms with E-state index in [9.17, 15) is 19.5 Å². The highest BCUT2D eigenvalue weighted by atomic mass is 16.7. The normalized spacial score (nSPS) is 21.3. The minimum absolute atomic E-state index is 0.224. The van der Waals surface area contributed by atoms with E-state index in [2.05, 4.69) is 0 Å². The summed E-state index contributed by atoms with van der Waals surface area (Å²) >= 11 is 0. The summed E-state index contributed by atoms with van der Waals surface area (Å²) in [7, 11) is 0. The molecule has 2 unspecified atom stereocenters. The summed E-state index contributed by atoms with van der Waals surface area (Å²) in [6, 6.07) is 13.5. The summed E-state index contributed by atoms with van der Waals surface area (Å²) in [6.07, 6.45) is -0.224. The van der Waals surface area contributed by atoms with E-state index < -0.39 is 29.5 Å². The summed E-state index contributed by atoms with van der Waals surface area (Å²) in [4.78, 5) is 38.0. The highest BCUT2D eigenvalue weighted by Gasteiger charge is 2.38. The number of carboxylic acids is 1. The second-order valence-electron chi connectivity index (χ2n) is 7.64. The van der Waals surface area contributed by atoms with E-state index in [1.54, 1.807) is 48.5 Å². The minimum atomic E-state index is -1.10. The van der Waals surface area contributed by atoms with Crippen molar-refractivity contribution in [1.82, 2.24) is 4.90 Å². The molecule has 1 saturated heterocycles. The fourth-order valence-electron chi connectivity index (χ4n) is 3.71. The summed E-state index contributed by atoms with van der Waals surface area (Å²) in [6.45, 7) is 3.87. The average molecular weight is 395 g/mol. The number of rotatable bonds is 5. The number of hydrogen-bond acceptors (Lipinski definition) is 5. The number of aliphatic carboxylic acids is 1. The van der Waals surface area contributed by atoms with Crippen LogP contribution in [-0.4, -0.2) is 46.7 Å². The zero-order valence-electron chi connectivity index (χ0n) is 16.1. The van der Waals surface area contributed by atoms with Gasteiger partial charge in [-0.1, -0.05) is 36.4 Å². The Morgan fingerprint density at radius 1 is 1.10 bits per heavy atom. The van der Waals surface area contributed by atoms with E-state index >= 15 is 0 Å². The lowest BCUT2D eigenvalue weighted by atomic mass is 9.96. The third kappa shape index (κ3) is 3.54. The maximum absolute atomic E-state index is 12.6. The first-order valence-electron chi connectivity index (χ1n) is 9.36. The molecule has 2 heterocycles. The number of benzene rings is 2. The van der Waals surface area contributed by atoms with Crippen LogP contribution >= 0.6 is 0 Å². The third-order valence-corrected chi connectivity index (χ3v) is 5.26. The maximum Gasteiger partial charge on any atom is 0.312 e. The predicted octanol–water partition coefficient (Wildman–Crippen LogP) is 2.98. The van der Waals surface area contributed by atoms with Gasteiger partial charge in [0.25, 0.3) is 11.8 Å². The molecule has 1 N–H and O–H groups in total. The summed E-state index contributed by atoms with van der Waals surface area (Å²) < 4.78 is 11.4. The van der Waals surface area contributed by atoms with Crippen molar-refractivity contribution in [1.29, 1.82) is 0 Å². The molecule has 1 fully saturated rings. The number of hydrogen-bond donors (Lipinski definition) is 1. The number of carboxylic acid groups (broad SMARTS) is 1. The first kappa shape index (κ1) is 19.3. The highest BCUT2D eigenvalue weighted by Crippen LogP contribution is 2.33. The molecule has 0 bridgehead atoms.